The van der Waals surface area contributed by atoms with E-state index in [9.17, 15) is 27.9 Å². The molecule has 0 radical (unpaired) electrons. The van der Waals surface area contributed by atoms with Crippen LogP contribution in [0.4, 0.5) is 0 Å². The molecule has 0 bridgehead atoms. The Bertz CT molecular complexity index is 1300. The second-order valence-electron chi connectivity index (χ2n) is 11.7. The molecular weight excluding hydrogens is 572 g/mol. The van der Waals surface area contributed by atoms with Crippen molar-refractivity contribution in [1.82, 2.24) is 0 Å². The SMILES string of the molecule is CCOC(=O)CS(=O)(=O)CC(C)(C)CCCC(CO)(C(=O)OCc1ccccc1)c1cccc(CC(C)C(=O)OCC)c1. The molecule has 0 aliphatic carbocycles. The molecule has 0 saturated carbocycles. The van der Waals surface area contributed by atoms with E-state index in [1.165, 1.54) is 0 Å². The van der Waals surface area contributed by atoms with E-state index in [-0.39, 0.29) is 38.0 Å². The topological polar surface area (TPSA) is 133 Å². The molecular formula is C33H46O9S. The molecule has 2 aromatic rings. The molecule has 0 aromatic heterocycles. The van der Waals surface area contributed by atoms with Crippen molar-refractivity contribution in [3.05, 3.63) is 71.3 Å². The predicted octanol–water partition coefficient (Wildman–Crippen LogP) is 4.58. The summed E-state index contributed by atoms with van der Waals surface area (Å²) in [5, 5.41) is 10.8. The number of hydrogen-bond acceptors (Lipinski definition) is 9. The zero-order valence-electron chi connectivity index (χ0n) is 26.0. The molecule has 0 aliphatic heterocycles. The van der Waals surface area contributed by atoms with Crippen LogP contribution in [0.1, 0.15) is 70.6 Å². The second-order valence-corrected chi connectivity index (χ2v) is 13.8. The third kappa shape index (κ3) is 11.4. The van der Waals surface area contributed by atoms with Gasteiger partial charge in [0.1, 0.15) is 17.8 Å². The Morgan fingerprint density at radius 1 is 0.884 bits per heavy atom. The largest absolute Gasteiger partial charge is 0.466 e. The van der Waals surface area contributed by atoms with Gasteiger partial charge in [-0.1, -0.05) is 81.8 Å². The zero-order chi connectivity index (χ0) is 32.1. The molecule has 10 heteroatoms. The third-order valence-corrected chi connectivity index (χ3v) is 9.19. The number of rotatable bonds is 18. The lowest BCUT2D eigenvalue weighted by molar-refractivity contribution is -0.154. The van der Waals surface area contributed by atoms with Crippen LogP contribution in [0.5, 0.6) is 0 Å². The molecule has 0 saturated heterocycles. The molecule has 0 heterocycles. The standard InChI is InChI=1S/C33H46O9S/c1-6-40-29(35)22-43(38,39)24-32(4,5)17-12-18-33(23-34,31(37)42-21-26-13-9-8-10-14-26)28-16-11-15-27(20-28)19-25(3)30(36)41-7-2/h8-11,13-16,20,25,34H,6-7,12,17-19,21-24H2,1-5H3. The highest BCUT2D eigenvalue weighted by molar-refractivity contribution is 7.92. The average Bonchev–Trinajstić information content (AvgIpc) is 2.94. The average molecular weight is 619 g/mol. The first-order valence-corrected chi connectivity index (χ1v) is 16.5. The van der Waals surface area contributed by atoms with Crippen LogP contribution in [0.15, 0.2) is 54.6 Å². The van der Waals surface area contributed by atoms with Crippen molar-refractivity contribution in [1.29, 1.82) is 0 Å². The fourth-order valence-corrected chi connectivity index (χ4v) is 7.03. The van der Waals surface area contributed by atoms with Gasteiger partial charge in [-0.3, -0.25) is 14.4 Å². The summed E-state index contributed by atoms with van der Waals surface area (Å²) in [6, 6.07) is 16.4. The van der Waals surface area contributed by atoms with Crippen LogP contribution < -0.4 is 0 Å². The van der Waals surface area contributed by atoms with Crippen molar-refractivity contribution in [2.45, 2.75) is 72.3 Å². The Morgan fingerprint density at radius 3 is 2.16 bits per heavy atom. The Hall–Kier alpha value is -3.24. The fourth-order valence-electron chi connectivity index (χ4n) is 5.15. The number of aliphatic hydroxyl groups excluding tert-OH is 1. The molecule has 9 nitrogen and oxygen atoms in total. The smallest absolute Gasteiger partial charge is 0.321 e. The molecule has 0 spiro atoms. The first-order chi connectivity index (χ1) is 20.3. The van der Waals surface area contributed by atoms with E-state index < -0.39 is 50.9 Å². The minimum atomic E-state index is -3.72. The fraction of sp³-hybridized carbons (Fsp3) is 0.545. The molecule has 2 unspecified atom stereocenters. The molecule has 43 heavy (non-hydrogen) atoms. The number of aliphatic hydroxyl groups is 1. The molecule has 2 aromatic carbocycles. The van der Waals surface area contributed by atoms with Crippen molar-refractivity contribution in [2.24, 2.45) is 11.3 Å². The Labute approximate surface area is 255 Å². The summed E-state index contributed by atoms with van der Waals surface area (Å²) in [6.07, 6.45) is 1.38. The summed E-state index contributed by atoms with van der Waals surface area (Å²) >= 11 is 0. The molecule has 0 amide bonds. The number of carbonyl (C=O) groups is 3. The molecule has 2 rings (SSSR count). The highest BCUT2D eigenvalue weighted by Crippen LogP contribution is 2.36. The maximum absolute atomic E-state index is 13.8. The number of hydrogen-bond donors (Lipinski definition) is 1. The van der Waals surface area contributed by atoms with Gasteiger partial charge < -0.3 is 19.3 Å². The van der Waals surface area contributed by atoms with Crippen LogP contribution in [-0.2, 0) is 56.9 Å². The van der Waals surface area contributed by atoms with Gasteiger partial charge in [-0.25, -0.2) is 8.42 Å². The van der Waals surface area contributed by atoms with Crippen LogP contribution in [-0.4, -0.2) is 62.8 Å². The number of benzene rings is 2. The van der Waals surface area contributed by atoms with Crippen molar-refractivity contribution in [2.75, 3.05) is 31.3 Å². The number of ether oxygens (including phenoxy) is 3. The van der Waals surface area contributed by atoms with E-state index in [1.807, 2.05) is 42.5 Å². The number of carbonyl (C=O) groups excluding carboxylic acids is 3. The molecule has 1 N–H and O–H groups in total. The van der Waals surface area contributed by atoms with E-state index in [0.29, 0.717) is 24.8 Å². The van der Waals surface area contributed by atoms with Crippen LogP contribution in [0.25, 0.3) is 0 Å². The van der Waals surface area contributed by atoms with E-state index in [0.717, 1.165) is 11.1 Å². The highest BCUT2D eigenvalue weighted by atomic mass is 32.2. The molecule has 238 valence electrons. The first-order valence-electron chi connectivity index (χ1n) is 14.7. The Kier molecular flexibility index (Phi) is 13.9. The maximum Gasteiger partial charge on any atom is 0.321 e. The van der Waals surface area contributed by atoms with Gasteiger partial charge >= 0.3 is 17.9 Å². The monoisotopic (exact) mass is 618 g/mol. The summed E-state index contributed by atoms with van der Waals surface area (Å²) < 4.78 is 41.0. The van der Waals surface area contributed by atoms with Crippen LogP contribution in [0.2, 0.25) is 0 Å². The zero-order valence-corrected chi connectivity index (χ0v) is 26.8. The number of sulfone groups is 1. The van der Waals surface area contributed by atoms with Gasteiger partial charge in [0.2, 0.25) is 0 Å². The molecule has 0 fully saturated rings. The Balaban J connectivity index is 2.30. The van der Waals surface area contributed by atoms with E-state index in [2.05, 4.69) is 0 Å². The minimum absolute atomic E-state index is 0.0264. The summed E-state index contributed by atoms with van der Waals surface area (Å²) in [6.45, 7) is 8.61. The molecule has 2 atom stereocenters. The third-order valence-electron chi connectivity index (χ3n) is 7.29. The van der Waals surface area contributed by atoms with Crippen molar-refractivity contribution in [3.63, 3.8) is 0 Å². The van der Waals surface area contributed by atoms with Crippen molar-refractivity contribution >= 4 is 27.7 Å². The Morgan fingerprint density at radius 2 is 1.53 bits per heavy atom. The normalized spacial score (nSPS) is 13.9. The van der Waals surface area contributed by atoms with Crippen molar-refractivity contribution < 1.29 is 42.1 Å². The lowest BCUT2D eigenvalue weighted by Crippen LogP contribution is -2.41. The minimum Gasteiger partial charge on any atom is -0.466 e. The maximum atomic E-state index is 13.8. The van der Waals surface area contributed by atoms with Gasteiger partial charge in [-0.2, -0.15) is 0 Å². The van der Waals surface area contributed by atoms with Gasteiger partial charge in [-0.15, -0.1) is 0 Å². The number of esters is 3. The quantitative estimate of drug-likeness (QED) is 0.188. The summed E-state index contributed by atoms with van der Waals surface area (Å²) in [5.41, 5.74) is 0.0222. The lowest BCUT2D eigenvalue weighted by atomic mass is 9.74. The first kappa shape index (κ1) is 36.0. The summed E-state index contributed by atoms with van der Waals surface area (Å²) in [7, 11) is -3.72. The van der Waals surface area contributed by atoms with Crippen LogP contribution in [0, 0.1) is 11.3 Å². The highest BCUT2D eigenvalue weighted by Gasteiger charge is 2.42. The summed E-state index contributed by atoms with van der Waals surface area (Å²) in [5.74, 6) is -3.01. The second kappa shape index (κ2) is 16.6. The van der Waals surface area contributed by atoms with Crippen molar-refractivity contribution in [3.8, 4) is 0 Å². The van der Waals surface area contributed by atoms with Crippen LogP contribution in [0.3, 0.4) is 0 Å². The van der Waals surface area contributed by atoms with Gasteiger partial charge in [0.15, 0.2) is 9.84 Å². The van der Waals surface area contributed by atoms with Gasteiger partial charge in [0.05, 0.1) is 31.5 Å². The van der Waals surface area contributed by atoms with Crippen LogP contribution >= 0.6 is 0 Å². The molecule has 0 aliphatic rings. The summed E-state index contributed by atoms with van der Waals surface area (Å²) in [4.78, 5) is 37.8. The van der Waals surface area contributed by atoms with E-state index in [1.54, 1.807) is 46.8 Å². The predicted molar refractivity (Wildman–Crippen MR) is 164 cm³/mol. The lowest BCUT2D eigenvalue weighted by Gasteiger charge is -2.32. The van der Waals surface area contributed by atoms with E-state index >= 15 is 0 Å². The van der Waals surface area contributed by atoms with E-state index in [4.69, 9.17) is 14.2 Å². The van der Waals surface area contributed by atoms with Gasteiger partial charge in [-0.05, 0) is 55.2 Å². The van der Waals surface area contributed by atoms with Gasteiger partial charge in [0.25, 0.3) is 0 Å². The van der Waals surface area contributed by atoms with Gasteiger partial charge in [0, 0.05) is 0 Å².